The van der Waals surface area contributed by atoms with Crippen molar-refractivity contribution in [1.29, 1.82) is 0 Å². The maximum atomic E-state index is 13.1. The van der Waals surface area contributed by atoms with Crippen LogP contribution in [-0.2, 0) is 10.0 Å². The smallest absolute Gasteiger partial charge is 0.261 e. The minimum absolute atomic E-state index is 0.120. The number of ether oxygens (including phenoxy) is 1. The van der Waals surface area contributed by atoms with Crippen molar-refractivity contribution in [3.05, 3.63) is 116 Å². The van der Waals surface area contributed by atoms with Crippen LogP contribution in [0.1, 0.15) is 0 Å². The quantitative estimate of drug-likeness (QED) is 0.298. The van der Waals surface area contributed by atoms with Gasteiger partial charge in [-0.3, -0.25) is 9.71 Å². The third-order valence-corrected chi connectivity index (χ3v) is 7.12. The molecule has 0 saturated heterocycles. The summed E-state index contributed by atoms with van der Waals surface area (Å²) >= 11 is 0. The highest BCUT2D eigenvalue weighted by molar-refractivity contribution is 7.92. The molecule has 10 heteroatoms. The number of aromatic nitrogens is 5. The van der Waals surface area contributed by atoms with Crippen molar-refractivity contribution in [1.82, 2.24) is 24.8 Å². The van der Waals surface area contributed by atoms with E-state index >= 15 is 0 Å². The maximum absolute atomic E-state index is 13.1. The van der Waals surface area contributed by atoms with Gasteiger partial charge in [0, 0.05) is 29.2 Å². The Morgan fingerprint density at radius 1 is 0.711 bits per heavy atom. The number of hydrogen-bond donors (Lipinski definition) is 1. The molecule has 0 fully saturated rings. The topological polar surface area (TPSA) is 111 Å². The van der Waals surface area contributed by atoms with Gasteiger partial charge in [0.05, 0.1) is 10.6 Å². The first-order chi connectivity index (χ1) is 18.5. The third kappa shape index (κ3) is 4.80. The fourth-order valence-corrected chi connectivity index (χ4v) is 4.94. The second kappa shape index (κ2) is 9.75. The summed E-state index contributed by atoms with van der Waals surface area (Å²) in [6, 6.07) is 29.9. The lowest BCUT2D eigenvalue weighted by Crippen LogP contribution is -2.12. The molecule has 0 unspecified atom stereocenters. The van der Waals surface area contributed by atoms with Gasteiger partial charge in [-0.2, -0.15) is 9.61 Å². The minimum atomic E-state index is -3.83. The summed E-state index contributed by atoms with van der Waals surface area (Å²) in [6.45, 7) is 0. The van der Waals surface area contributed by atoms with Crippen LogP contribution in [0.3, 0.4) is 0 Å². The SMILES string of the molecule is O=S(=O)(Nc1cccc(-c2ccc3nnc(-c4ccncc4)n3n2)c1)c1ccc(Oc2ccccc2)cc1. The van der Waals surface area contributed by atoms with Crippen LogP contribution in [0.2, 0.25) is 0 Å². The van der Waals surface area contributed by atoms with Crippen molar-refractivity contribution in [2.24, 2.45) is 0 Å². The van der Waals surface area contributed by atoms with E-state index in [9.17, 15) is 8.42 Å². The molecule has 9 nitrogen and oxygen atoms in total. The first-order valence-electron chi connectivity index (χ1n) is 11.6. The first kappa shape index (κ1) is 23.3. The summed E-state index contributed by atoms with van der Waals surface area (Å²) in [7, 11) is -3.83. The summed E-state index contributed by atoms with van der Waals surface area (Å²) in [5.74, 6) is 1.80. The van der Waals surface area contributed by atoms with E-state index in [-0.39, 0.29) is 4.90 Å². The van der Waals surface area contributed by atoms with Gasteiger partial charge in [0.25, 0.3) is 10.0 Å². The van der Waals surface area contributed by atoms with Crippen molar-refractivity contribution in [2.75, 3.05) is 4.72 Å². The molecule has 0 bridgehead atoms. The zero-order valence-corrected chi connectivity index (χ0v) is 20.7. The summed E-state index contributed by atoms with van der Waals surface area (Å²) < 4.78 is 36.2. The predicted molar refractivity (Wildman–Crippen MR) is 143 cm³/mol. The molecule has 6 rings (SSSR count). The zero-order valence-electron chi connectivity index (χ0n) is 19.8. The number of anilines is 1. The maximum Gasteiger partial charge on any atom is 0.261 e. The van der Waals surface area contributed by atoms with Gasteiger partial charge in [-0.25, -0.2) is 8.42 Å². The Hall–Kier alpha value is -5.09. The highest BCUT2D eigenvalue weighted by atomic mass is 32.2. The fraction of sp³-hybridized carbons (Fsp3) is 0. The van der Waals surface area contributed by atoms with E-state index in [1.807, 2.05) is 60.7 Å². The molecule has 3 aromatic carbocycles. The molecule has 3 aromatic heterocycles. The van der Waals surface area contributed by atoms with E-state index in [4.69, 9.17) is 9.84 Å². The second-order valence-electron chi connectivity index (χ2n) is 8.32. The van der Waals surface area contributed by atoms with Gasteiger partial charge in [0.2, 0.25) is 0 Å². The zero-order chi connectivity index (χ0) is 26.0. The Bertz CT molecular complexity index is 1820. The molecule has 3 heterocycles. The van der Waals surface area contributed by atoms with E-state index in [0.29, 0.717) is 34.4 Å². The van der Waals surface area contributed by atoms with Crippen LogP contribution >= 0.6 is 0 Å². The average Bonchev–Trinajstić information content (AvgIpc) is 3.38. The van der Waals surface area contributed by atoms with E-state index < -0.39 is 10.0 Å². The molecule has 0 amide bonds. The second-order valence-corrected chi connectivity index (χ2v) is 10.0. The van der Waals surface area contributed by atoms with Crippen LogP contribution in [0.25, 0.3) is 28.3 Å². The normalized spacial score (nSPS) is 11.4. The largest absolute Gasteiger partial charge is 0.457 e. The number of para-hydroxylation sites is 1. The van der Waals surface area contributed by atoms with Crippen molar-refractivity contribution in [2.45, 2.75) is 4.90 Å². The Kier molecular flexibility index (Phi) is 5.98. The number of benzene rings is 3. The lowest BCUT2D eigenvalue weighted by atomic mass is 10.1. The number of nitrogens with one attached hydrogen (secondary N) is 1. The fourth-order valence-electron chi connectivity index (χ4n) is 3.89. The van der Waals surface area contributed by atoms with Gasteiger partial charge in [-0.1, -0.05) is 30.3 Å². The van der Waals surface area contributed by atoms with Crippen LogP contribution in [0.5, 0.6) is 11.5 Å². The number of hydrogen-bond acceptors (Lipinski definition) is 7. The van der Waals surface area contributed by atoms with Gasteiger partial charge in [-0.05, 0) is 72.8 Å². The van der Waals surface area contributed by atoms with Crippen molar-refractivity contribution >= 4 is 21.4 Å². The van der Waals surface area contributed by atoms with Gasteiger partial charge in [0.1, 0.15) is 11.5 Å². The van der Waals surface area contributed by atoms with Crippen LogP contribution in [0.4, 0.5) is 5.69 Å². The van der Waals surface area contributed by atoms with Gasteiger partial charge in [-0.15, -0.1) is 10.2 Å². The molecular weight excluding hydrogens is 500 g/mol. The number of sulfonamides is 1. The molecule has 6 aromatic rings. The van der Waals surface area contributed by atoms with E-state index in [1.165, 1.54) is 12.1 Å². The van der Waals surface area contributed by atoms with Crippen molar-refractivity contribution in [3.8, 4) is 34.1 Å². The summed E-state index contributed by atoms with van der Waals surface area (Å²) in [4.78, 5) is 4.16. The van der Waals surface area contributed by atoms with Gasteiger partial charge < -0.3 is 4.74 Å². The Labute approximate surface area is 218 Å². The molecule has 186 valence electrons. The molecule has 0 aliphatic carbocycles. The van der Waals surface area contributed by atoms with E-state index in [1.54, 1.807) is 47.2 Å². The number of fused-ring (bicyclic) bond motifs is 1. The summed E-state index contributed by atoms with van der Waals surface area (Å²) in [5.41, 5.74) is 3.20. The molecular formula is C28H20N6O3S. The molecule has 0 spiro atoms. The number of rotatable bonds is 7. The van der Waals surface area contributed by atoms with Crippen molar-refractivity contribution in [3.63, 3.8) is 0 Å². The average molecular weight is 521 g/mol. The summed E-state index contributed by atoms with van der Waals surface area (Å²) in [6.07, 6.45) is 3.36. The molecule has 0 atom stereocenters. The van der Waals surface area contributed by atoms with Crippen LogP contribution < -0.4 is 9.46 Å². The molecule has 0 radical (unpaired) electrons. The van der Waals surface area contributed by atoms with Gasteiger partial charge in [0.15, 0.2) is 11.5 Å². The lowest BCUT2D eigenvalue weighted by molar-refractivity contribution is 0.482. The molecule has 0 saturated carbocycles. The molecule has 0 aliphatic rings. The predicted octanol–water partition coefficient (Wildman–Crippen LogP) is 5.45. The number of nitrogens with zero attached hydrogens (tertiary/aromatic N) is 5. The standard InChI is InChI=1S/C28H20N6O3S/c35-38(36,25-11-9-24(10-12-25)37-23-7-2-1-3-8-23)33-22-6-4-5-21(19-22)26-13-14-27-30-31-28(34(27)32-26)20-15-17-29-18-16-20/h1-19,33H. The Balaban J connectivity index is 1.24. The summed E-state index contributed by atoms with van der Waals surface area (Å²) in [5, 5.41) is 13.1. The van der Waals surface area contributed by atoms with Crippen LogP contribution in [0, 0.1) is 0 Å². The van der Waals surface area contributed by atoms with Crippen LogP contribution in [0.15, 0.2) is 120 Å². The van der Waals surface area contributed by atoms with Crippen molar-refractivity contribution < 1.29 is 13.2 Å². The third-order valence-electron chi connectivity index (χ3n) is 5.72. The lowest BCUT2D eigenvalue weighted by Gasteiger charge is -2.11. The Morgan fingerprint density at radius 2 is 1.47 bits per heavy atom. The van der Waals surface area contributed by atoms with E-state index in [0.717, 1.165) is 11.1 Å². The van der Waals surface area contributed by atoms with Gasteiger partial charge >= 0.3 is 0 Å². The van der Waals surface area contributed by atoms with Crippen LogP contribution in [-0.4, -0.2) is 33.2 Å². The monoisotopic (exact) mass is 520 g/mol. The highest BCUT2D eigenvalue weighted by Crippen LogP contribution is 2.26. The first-order valence-corrected chi connectivity index (χ1v) is 13.1. The molecule has 0 aliphatic heterocycles. The highest BCUT2D eigenvalue weighted by Gasteiger charge is 2.16. The Morgan fingerprint density at radius 3 is 2.26 bits per heavy atom. The minimum Gasteiger partial charge on any atom is -0.457 e. The molecule has 38 heavy (non-hydrogen) atoms. The number of pyridine rings is 1. The van der Waals surface area contributed by atoms with E-state index in [2.05, 4.69) is 19.9 Å². The molecule has 1 N–H and O–H groups in total.